The quantitative estimate of drug-likeness (QED) is 0.701. The zero-order chi connectivity index (χ0) is 9.26. The molecule has 0 unspecified atom stereocenters. The topological polar surface area (TPSA) is 22.4 Å². The molecule has 0 radical (unpaired) electrons. The Balaban J connectivity index is 2.48. The van der Waals surface area contributed by atoms with Crippen molar-refractivity contribution < 1.29 is 9.15 Å². The lowest BCUT2D eigenvalue weighted by molar-refractivity contribution is 0.242. The molecule has 0 aliphatic heterocycles. The van der Waals surface area contributed by atoms with Gasteiger partial charge in [-0.15, -0.1) is 0 Å². The summed E-state index contributed by atoms with van der Waals surface area (Å²) in [6.07, 6.45) is 1.85. The fraction of sp³-hybridized carbons (Fsp3) is 0.273. The van der Waals surface area contributed by atoms with Gasteiger partial charge in [0.25, 0.3) is 0 Å². The smallest absolute Gasteiger partial charge is 0.175 e. The van der Waals surface area contributed by atoms with E-state index in [0.29, 0.717) is 0 Å². The minimum absolute atomic E-state index is 0.177. The summed E-state index contributed by atoms with van der Waals surface area (Å²) in [5.74, 6) is 0.817. The van der Waals surface area contributed by atoms with Crippen LogP contribution in [0.3, 0.4) is 0 Å². The summed E-state index contributed by atoms with van der Waals surface area (Å²) in [6.45, 7) is 4.00. The number of para-hydroxylation sites is 1. The van der Waals surface area contributed by atoms with Crippen LogP contribution in [-0.2, 0) is 0 Å². The molecule has 0 fully saturated rings. The maximum absolute atomic E-state index is 5.59. The molecular weight excluding hydrogens is 164 g/mol. The van der Waals surface area contributed by atoms with Crippen LogP contribution >= 0.6 is 0 Å². The summed E-state index contributed by atoms with van der Waals surface area (Å²) in [7, 11) is 0. The van der Waals surface area contributed by atoms with Gasteiger partial charge in [-0.25, -0.2) is 0 Å². The van der Waals surface area contributed by atoms with Crippen LogP contribution in [0.4, 0.5) is 0 Å². The zero-order valence-corrected chi connectivity index (χ0v) is 7.78. The van der Waals surface area contributed by atoms with Crippen molar-refractivity contribution in [3.8, 4) is 5.75 Å². The largest absolute Gasteiger partial charge is 0.487 e. The first kappa shape index (κ1) is 8.17. The molecule has 2 aromatic rings. The zero-order valence-electron chi connectivity index (χ0n) is 7.78. The molecule has 0 aliphatic carbocycles. The maximum Gasteiger partial charge on any atom is 0.175 e. The van der Waals surface area contributed by atoms with E-state index in [9.17, 15) is 0 Å². The monoisotopic (exact) mass is 176 g/mol. The molecule has 0 atom stereocenters. The van der Waals surface area contributed by atoms with Gasteiger partial charge in [0.05, 0.1) is 12.4 Å². The summed E-state index contributed by atoms with van der Waals surface area (Å²) in [6, 6.07) is 7.83. The molecule has 0 saturated heterocycles. The van der Waals surface area contributed by atoms with Crippen LogP contribution in [-0.4, -0.2) is 6.10 Å². The van der Waals surface area contributed by atoms with Crippen LogP contribution in [0.5, 0.6) is 5.75 Å². The van der Waals surface area contributed by atoms with E-state index in [-0.39, 0.29) is 6.10 Å². The Morgan fingerprint density at radius 3 is 2.85 bits per heavy atom. The lowest BCUT2D eigenvalue weighted by Gasteiger charge is -2.09. The van der Waals surface area contributed by atoms with E-state index in [2.05, 4.69) is 0 Å². The van der Waals surface area contributed by atoms with E-state index in [1.807, 2.05) is 38.1 Å². The average Bonchev–Trinajstić information content (AvgIpc) is 2.51. The fourth-order valence-corrected chi connectivity index (χ4v) is 1.31. The molecule has 1 aromatic heterocycles. The van der Waals surface area contributed by atoms with Crippen molar-refractivity contribution in [2.24, 2.45) is 0 Å². The first-order chi connectivity index (χ1) is 6.27. The minimum Gasteiger partial charge on any atom is -0.487 e. The molecule has 1 heterocycles. The first-order valence-corrected chi connectivity index (χ1v) is 4.40. The van der Waals surface area contributed by atoms with Crippen molar-refractivity contribution in [2.45, 2.75) is 20.0 Å². The van der Waals surface area contributed by atoms with Crippen molar-refractivity contribution >= 4 is 11.0 Å². The predicted molar refractivity (Wildman–Crippen MR) is 52.0 cm³/mol. The first-order valence-electron chi connectivity index (χ1n) is 4.40. The van der Waals surface area contributed by atoms with Gasteiger partial charge in [-0.3, -0.25) is 0 Å². The van der Waals surface area contributed by atoms with Crippen LogP contribution in [0, 0.1) is 0 Å². The highest BCUT2D eigenvalue weighted by molar-refractivity contribution is 5.82. The Labute approximate surface area is 77.1 Å². The third-order valence-electron chi connectivity index (χ3n) is 1.81. The van der Waals surface area contributed by atoms with Crippen LogP contribution in [0.1, 0.15) is 13.8 Å². The molecule has 2 rings (SSSR count). The van der Waals surface area contributed by atoms with Gasteiger partial charge in [0.2, 0.25) is 0 Å². The van der Waals surface area contributed by atoms with Gasteiger partial charge in [-0.1, -0.05) is 12.1 Å². The van der Waals surface area contributed by atoms with Gasteiger partial charge in [-0.2, -0.15) is 0 Å². The second kappa shape index (κ2) is 3.13. The number of benzene rings is 1. The van der Waals surface area contributed by atoms with Gasteiger partial charge in [0.15, 0.2) is 11.3 Å². The van der Waals surface area contributed by atoms with Crippen molar-refractivity contribution in [3.63, 3.8) is 0 Å². The molecule has 2 heteroatoms. The van der Waals surface area contributed by atoms with Crippen LogP contribution in [0.2, 0.25) is 0 Å². The number of rotatable bonds is 2. The molecule has 0 N–H and O–H groups in total. The third kappa shape index (κ3) is 1.52. The van der Waals surface area contributed by atoms with Crippen molar-refractivity contribution in [2.75, 3.05) is 0 Å². The summed E-state index contributed by atoms with van der Waals surface area (Å²) in [5, 5.41) is 1.08. The van der Waals surface area contributed by atoms with E-state index in [1.54, 1.807) is 6.26 Å². The third-order valence-corrected chi connectivity index (χ3v) is 1.81. The molecule has 0 aliphatic rings. The van der Waals surface area contributed by atoms with E-state index in [4.69, 9.17) is 9.15 Å². The Morgan fingerprint density at radius 2 is 2.08 bits per heavy atom. The summed E-state index contributed by atoms with van der Waals surface area (Å²) in [5.41, 5.74) is 0.830. The maximum atomic E-state index is 5.59. The van der Waals surface area contributed by atoms with Gasteiger partial charge in [0, 0.05) is 5.39 Å². The van der Waals surface area contributed by atoms with Crippen LogP contribution in [0.15, 0.2) is 34.9 Å². The van der Waals surface area contributed by atoms with Gasteiger partial charge in [0.1, 0.15) is 0 Å². The Hall–Kier alpha value is -1.44. The molecule has 68 valence electrons. The summed E-state index contributed by atoms with van der Waals surface area (Å²) < 4.78 is 10.9. The van der Waals surface area contributed by atoms with E-state index >= 15 is 0 Å². The molecular formula is C11H12O2. The number of hydrogen-bond acceptors (Lipinski definition) is 2. The van der Waals surface area contributed by atoms with E-state index in [0.717, 1.165) is 16.7 Å². The Morgan fingerprint density at radius 1 is 1.23 bits per heavy atom. The lowest BCUT2D eigenvalue weighted by Crippen LogP contribution is -2.05. The number of hydrogen-bond donors (Lipinski definition) is 0. The van der Waals surface area contributed by atoms with E-state index < -0.39 is 0 Å². The molecule has 0 spiro atoms. The standard InChI is InChI=1S/C11H12O2/c1-8(2)13-10-5-3-4-9-6-7-12-11(9)10/h3-8H,1-2H3. The molecule has 0 saturated carbocycles. The minimum atomic E-state index is 0.177. The van der Waals surface area contributed by atoms with Crippen molar-refractivity contribution in [1.29, 1.82) is 0 Å². The molecule has 2 nitrogen and oxygen atoms in total. The van der Waals surface area contributed by atoms with Crippen molar-refractivity contribution in [1.82, 2.24) is 0 Å². The van der Waals surface area contributed by atoms with Crippen LogP contribution < -0.4 is 4.74 Å². The predicted octanol–water partition coefficient (Wildman–Crippen LogP) is 3.22. The fourth-order valence-electron chi connectivity index (χ4n) is 1.31. The highest BCUT2D eigenvalue weighted by Gasteiger charge is 2.05. The normalized spacial score (nSPS) is 11.0. The Bertz CT molecular complexity index is 401. The van der Waals surface area contributed by atoms with Crippen molar-refractivity contribution in [3.05, 3.63) is 30.5 Å². The summed E-state index contributed by atoms with van der Waals surface area (Å²) >= 11 is 0. The SMILES string of the molecule is CC(C)Oc1cccc2ccoc12. The van der Waals surface area contributed by atoms with E-state index in [1.165, 1.54) is 0 Å². The molecule has 0 amide bonds. The molecule has 1 aromatic carbocycles. The number of fused-ring (bicyclic) bond motifs is 1. The van der Waals surface area contributed by atoms with Gasteiger partial charge >= 0.3 is 0 Å². The molecule has 0 bridgehead atoms. The summed E-state index contributed by atoms with van der Waals surface area (Å²) in [4.78, 5) is 0. The number of ether oxygens (including phenoxy) is 1. The lowest BCUT2D eigenvalue weighted by atomic mass is 10.2. The van der Waals surface area contributed by atoms with Gasteiger partial charge < -0.3 is 9.15 Å². The van der Waals surface area contributed by atoms with Crippen LogP contribution in [0.25, 0.3) is 11.0 Å². The average molecular weight is 176 g/mol. The number of furan rings is 1. The van der Waals surface area contributed by atoms with Gasteiger partial charge in [-0.05, 0) is 26.0 Å². The molecule has 13 heavy (non-hydrogen) atoms. The second-order valence-electron chi connectivity index (χ2n) is 3.26. The Kier molecular flexibility index (Phi) is 1.97. The highest BCUT2D eigenvalue weighted by Crippen LogP contribution is 2.26. The highest BCUT2D eigenvalue weighted by atomic mass is 16.5. The second-order valence-corrected chi connectivity index (χ2v) is 3.26.